The number of quaternary nitrogens is 1. The lowest BCUT2D eigenvalue weighted by Gasteiger charge is -2.32. The van der Waals surface area contributed by atoms with E-state index in [0.717, 1.165) is 38.0 Å². The van der Waals surface area contributed by atoms with Gasteiger partial charge in [-0.1, -0.05) is 12.1 Å². The lowest BCUT2D eigenvalue weighted by molar-refractivity contribution is -0.885. The second-order valence-corrected chi connectivity index (χ2v) is 8.98. The van der Waals surface area contributed by atoms with Gasteiger partial charge in [0, 0.05) is 24.6 Å². The number of amides is 1. The zero-order chi connectivity index (χ0) is 17.9. The SMILES string of the molecule is C[NH+](CC(=O)N1CCC[C@H](c2nc3ccccc3s2)C1)Cc1ccsc1. The number of thiophene rings is 1. The standard InChI is InChI=1S/C20H23N3OS2/c1-22(11-15-8-10-25-14-15)13-19(24)23-9-4-5-16(12-23)20-21-17-6-2-3-7-18(17)26-20/h2-3,6-8,10,14,16H,4-5,9,11-13H2,1H3/p+1/t16-/m0/s1. The fourth-order valence-electron chi connectivity index (χ4n) is 3.64. The number of piperidine rings is 1. The monoisotopic (exact) mass is 386 g/mol. The Morgan fingerprint density at radius 2 is 2.23 bits per heavy atom. The number of carbonyl (C=O) groups is 1. The number of thiazole rings is 1. The van der Waals surface area contributed by atoms with Crippen LogP contribution in [-0.2, 0) is 11.3 Å². The second kappa shape index (κ2) is 7.86. The van der Waals surface area contributed by atoms with Gasteiger partial charge in [0.2, 0.25) is 0 Å². The molecule has 4 rings (SSSR count). The van der Waals surface area contributed by atoms with E-state index in [2.05, 4.69) is 47.0 Å². The fraction of sp³-hybridized carbons (Fsp3) is 0.400. The molecule has 0 aliphatic carbocycles. The van der Waals surface area contributed by atoms with Crippen LogP contribution in [0.25, 0.3) is 10.2 Å². The predicted octanol–water partition coefficient (Wildman–Crippen LogP) is 2.78. The number of likely N-dealkylation sites (tertiary alicyclic amines) is 1. The zero-order valence-electron chi connectivity index (χ0n) is 15.0. The first-order valence-corrected chi connectivity index (χ1v) is 10.9. The molecule has 0 saturated carbocycles. The van der Waals surface area contributed by atoms with E-state index in [1.165, 1.54) is 20.2 Å². The topological polar surface area (TPSA) is 37.6 Å². The van der Waals surface area contributed by atoms with E-state index in [1.807, 2.05) is 6.07 Å². The fourth-order valence-corrected chi connectivity index (χ4v) is 5.41. The van der Waals surface area contributed by atoms with Crippen LogP contribution >= 0.6 is 22.7 Å². The Balaban J connectivity index is 1.38. The van der Waals surface area contributed by atoms with Crippen LogP contribution in [0.1, 0.15) is 29.3 Å². The lowest BCUT2D eigenvalue weighted by Crippen LogP contribution is -3.08. The average Bonchev–Trinajstić information content (AvgIpc) is 3.31. The normalized spacial score (nSPS) is 19.0. The maximum Gasteiger partial charge on any atom is 0.277 e. The van der Waals surface area contributed by atoms with Crippen molar-refractivity contribution in [1.82, 2.24) is 9.88 Å². The quantitative estimate of drug-likeness (QED) is 0.732. The summed E-state index contributed by atoms with van der Waals surface area (Å²) in [5, 5.41) is 5.44. The summed E-state index contributed by atoms with van der Waals surface area (Å²) in [5.74, 6) is 0.644. The van der Waals surface area contributed by atoms with E-state index in [-0.39, 0.29) is 5.91 Å². The molecule has 1 saturated heterocycles. The molecule has 4 nitrogen and oxygen atoms in total. The third-order valence-electron chi connectivity index (χ3n) is 4.97. The molecule has 0 spiro atoms. The Morgan fingerprint density at radius 3 is 3.04 bits per heavy atom. The summed E-state index contributed by atoms with van der Waals surface area (Å²) < 4.78 is 1.24. The highest BCUT2D eigenvalue weighted by atomic mass is 32.1. The molecule has 1 N–H and O–H groups in total. The molecule has 2 atom stereocenters. The summed E-state index contributed by atoms with van der Waals surface area (Å²) >= 11 is 3.49. The van der Waals surface area contributed by atoms with Crippen LogP contribution in [0.4, 0.5) is 0 Å². The maximum atomic E-state index is 12.8. The van der Waals surface area contributed by atoms with Gasteiger partial charge in [0.15, 0.2) is 6.54 Å². The maximum absolute atomic E-state index is 12.8. The van der Waals surface area contributed by atoms with E-state index in [9.17, 15) is 4.79 Å². The van der Waals surface area contributed by atoms with Crippen molar-refractivity contribution in [3.63, 3.8) is 0 Å². The van der Waals surface area contributed by atoms with Crippen LogP contribution in [0.5, 0.6) is 0 Å². The van der Waals surface area contributed by atoms with Gasteiger partial charge in [-0.05, 0) is 41.8 Å². The number of fused-ring (bicyclic) bond motifs is 1. The molecule has 1 amide bonds. The molecule has 136 valence electrons. The number of nitrogens with zero attached hydrogens (tertiary/aromatic N) is 2. The van der Waals surface area contributed by atoms with Crippen LogP contribution in [0.2, 0.25) is 0 Å². The molecular weight excluding hydrogens is 362 g/mol. The average molecular weight is 387 g/mol. The van der Waals surface area contributed by atoms with Crippen molar-refractivity contribution in [1.29, 1.82) is 0 Å². The Kier molecular flexibility index (Phi) is 5.33. The molecule has 2 aromatic heterocycles. The summed E-state index contributed by atoms with van der Waals surface area (Å²) in [6, 6.07) is 10.4. The van der Waals surface area contributed by atoms with E-state index in [0.29, 0.717) is 12.5 Å². The molecule has 0 radical (unpaired) electrons. The van der Waals surface area contributed by atoms with Crippen molar-refractivity contribution in [3.05, 3.63) is 51.7 Å². The summed E-state index contributed by atoms with van der Waals surface area (Å²) in [5.41, 5.74) is 2.39. The van der Waals surface area contributed by atoms with Gasteiger partial charge in [0.1, 0.15) is 6.54 Å². The first kappa shape index (κ1) is 17.6. The summed E-state index contributed by atoms with van der Waals surface area (Å²) in [4.78, 5) is 20.9. The Morgan fingerprint density at radius 1 is 1.35 bits per heavy atom. The summed E-state index contributed by atoms with van der Waals surface area (Å²) in [7, 11) is 2.10. The number of aromatic nitrogens is 1. The summed E-state index contributed by atoms with van der Waals surface area (Å²) in [6.07, 6.45) is 2.19. The molecule has 3 heterocycles. The van der Waals surface area contributed by atoms with Gasteiger partial charge in [0.05, 0.1) is 22.3 Å². The Hall–Kier alpha value is -1.76. The first-order valence-electron chi connectivity index (χ1n) is 9.14. The molecule has 6 heteroatoms. The molecule has 1 aliphatic rings. The molecule has 1 aliphatic heterocycles. The van der Waals surface area contributed by atoms with E-state index >= 15 is 0 Å². The van der Waals surface area contributed by atoms with E-state index in [4.69, 9.17) is 4.98 Å². The number of benzene rings is 1. The van der Waals surface area contributed by atoms with Gasteiger partial charge in [-0.3, -0.25) is 4.79 Å². The molecule has 1 aromatic carbocycles. The molecule has 3 aromatic rings. The van der Waals surface area contributed by atoms with Gasteiger partial charge in [-0.2, -0.15) is 11.3 Å². The molecule has 1 fully saturated rings. The zero-order valence-corrected chi connectivity index (χ0v) is 16.6. The van der Waals surface area contributed by atoms with Crippen molar-refractivity contribution in [2.45, 2.75) is 25.3 Å². The number of para-hydroxylation sites is 1. The van der Waals surface area contributed by atoms with Crippen LogP contribution in [0.15, 0.2) is 41.1 Å². The Bertz CT molecular complexity index is 841. The number of rotatable bonds is 5. The van der Waals surface area contributed by atoms with E-state index < -0.39 is 0 Å². The number of hydrogen-bond acceptors (Lipinski definition) is 4. The third-order valence-corrected chi connectivity index (χ3v) is 6.90. The second-order valence-electron chi connectivity index (χ2n) is 7.14. The largest absolute Gasteiger partial charge is 0.337 e. The van der Waals surface area contributed by atoms with Gasteiger partial charge < -0.3 is 9.80 Å². The summed E-state index contributed by atoms with van der Waals surface area (Å²) in [6.45, 7) is 3.16. The smallest absolute Gasteiger partial charge is 0.277 e. The van der Waals surface area contributed by atoms with Crippen LogP contribution in [-0.4, -0.2) is 42.5 Å². The van der Waals surface area contributed by atoms with Crippen LogP contribution in [0, 0.1) is 0 Å². The minimum absolute atomic E-state index is 0.267. The Labute approximate surface area is 162 Å². The van der Waals surface area contributed by atoms with Crippen molar-refractivity contribution >= 4 is 38.8 Å². The highest BCUT2D eigenvalue weighted by Crippen LogP contribution is 2.32. The van der Waals surface area contributed by atoms with Gasteiger partial charge in [0.25, 0.3) is 5.91 Å². The van der Waals surface area contributed by atoms with Crippen LogP contribution in [0.3, 0.4) is 0 Å². The lowest BCUT2D eigenvalue weighted by atomic mass is 9.98. The highest BCUT2D eigenvalue weighted by molar-refractivity contribution is 7.18. The van der Waals surface area contributed by atoms with E-state index in [1.54, 1.807) is 22.7 Å². The van der Waals surface area contributed by atoms with Gasteiger partial charge >= 0.3 is 0 Å². The molecule has 26 heavy (non-hydrogen) atoms. The predicted molar refractivity (Wildman–Crippen MR) is 108 cm³/mol. The minimum Gasteiger partial charge on any atom is -0.337 e. The number of nitrogens with one attached hydrogen (secondary N) is 1. The first-order chi connectivity index (χ1) is 12.7. The van der Waals surface area contributed by atoms with Gasteiger partial charge in [-0.15, -0.1) is 11.3 Å². The van der Waals surface area contributed by atoms with Crippen LogP contribution < -0.4 is 4.90 Å². The number of hydrogen-bond donors (Lipinski definition) is 1. The number of likely N-dealkylation sites (N-methyl/N-ethyl adjacent to an activating group) is 1. The van der Waals surface area contributed by atoms with Crippen molar-refractivity contribution in [2.24, 2.45) is 0 Å². The number of carbonyl (C=O) groups excluding carboxylic acids is 1. The van der Waals surface area contributed by atoms with Crippen molar-refractivity contribution < 1.29 is 9.69 Å². The molecule has 0 bridgehead atoms. The molecule has 1 unspecified atom stereocenters. The van der Waals surface area contributed by atoms with Crippen molar-refractivity contribution in [2.75, 3.05) is 26.7 Å². The third kappa shape index (κ3) is 3.98. The van der Waals surface area contributed by atoms with Gasteiger partial charge in [-0.25, -0.2) is 4.98 Å². The van der Waals surface area contributed by atoms with Crippen molar-refractivity contribution in [3.8, 4) is 0 Å². The molecular formula is C20H24N3OS2+. The minimum atomic E-state index is 0.267. The highest BCUT2D eigenvalue weighted by Gasteiger charge is 2.28.